The molecule has 16 heavy (non-hydrogen) atoms. The molecule has 1 aliphatic rings. The van der Waals surface area contributed by atoms with Crippen molar-refractivity contribution < 1.29 is 12.8 Å². The lowest BCUT2D eigenvalue weighted by Gasteiger charge is -2.35. The second-order valence-electron chi connectivity index (χ2n) is 3.96. The Morgan fingerprint density at radius 2 is 2.06 bits per heavy atom. The van der Waals surface area contributed by atoms with Crippen molar-refractivity contribution in [1.82, 2.24) is 4.90 Å². The van der Waals surface area contributed by atoms with Crippen LogP contribution < -0.4 is 0 Å². The maximum atomic E-state index is 13.0. The monoisotopic (exact) mass is 307 g/mol. The van der Waals surface area contributed by atoms with E-state index in [0.717, 1.165) is 6.07 Å². The van der Waals surface area contributed by atoms with E-state index in [1.54, 1.807) is 0 Å². The summed E-state index contributed by atoms with van der Waals surface area (Å²) in [5, 5.41) is -0.421. The van der Waals surface area contributed by atoms with Crippen molar-refractivity contribution in [3.05, 3.63) is 28.5 Å². The van der Waals surface area contributed by atoms with E-state index >= 15 is 0 Å². The van der Waals surface area contributed by atoms with Crippen molar-refractivity contribution in [2.45, 2.75) is 10.1 Å². The van der Waals surface area contributed by atoms with Gasteiger partial charge in [0.05, 0.1) is 10.1 Å². The lowest BCUT2D eigenvalue weighted by atomic mass is 10.2. The van der Waals surface area contributed by atoms with Gasteiger partial charge in [-0.15, -0.1) is 0 Å². The summed E-state index contributed by atoms with van der Waals surface area (Å²) in [5.74, 6) is -0.533. The van der Waals surface area contributed by atoms with Crippen LogP contribution in [-0.2, 0) is 9.84 Å². The van der Waals surface area contributed by atoms with Crippen LogP contribution in [0.25, 0.3) is 0 Å². The molecule has 0 spiro atoms. The van der Waals surface area contributed by atoms with Crippen LogP contribution in [0.3, 0.4) is 0 Å². The van der Waals surface area contributed by atoms with Crippen LogP contribution in [-0.4, -0.2) is 38.7 Å². The Kier molecular flexibility index (Phi) is 3.07. The van der Waals surface area contributed by atoms with Crippen LogP contribution >= 0.6 is 15.9 Å². The highest BCUT2D eigenvalue weighted by Crippen LogP contribution is 2.29. The molecule has 1 aliphatic heterocycles. The Labute approximate surface area is 102 Å². The van der Waals surface area contributed by atoms with E-state index in [1.807, 2.05) is 11.9 Å². The average Bonchev–Trinajstić information content (AvgIpc) is 2.16. The van der Waals surface area contributed by atoms with Crippen molar-refractivity contribution in [1.29, 1.82) is 0 Å². The van der Waals surface area contributed by atoms with E-state index in [4.69, 9.17) is 0 Å². The van der Waals surface area contributed by atoms with Gasteiger partial charge in [0.1, 0.15) is 5.82 Å². The normalized spacial score (nSPS) is 18.4. The Morgan fingerprint density at radius 3 is 2.62 bits per heavy atom. The SMILES string of the molecule is CN1CC(S(=O)(=O)c2cc(F)ccc2Br)C1. The van der Waals surface area contributed by atoms with Gasteiger partial charge in [-0.2, -0.15) is 0 Å². The molecule has 0 amide bonds. The van der Waals surface area contributed by atoms with E-state index in [0.29, 0.717) is 17.6 Å². The minimum Gasteiger partial charge on any atom is -0.304 e. The number of halogens is 2. The summed E-state index contributed by atoms with van der Waals surface area (Å²) < 4.78 is 37.7. The topological polar surface area (TPSA) is 37.4 Å². The zero-order chi connectivity index (χ0) is 11.9. The second kappa shape index (κ2) is 4.09. The lowest BCUT2D eigenvalue weighted by Crippen LogP contribution is -2.52. The number of hydrogen-bond donors (Lipinski definition) is 0. The molecule has 88 valence electrons. The highest BCUT2D eigenvalue weighted by atomic mass is 79.9. The number of benzene rings is 1. The zero-order valence-electron chi connectivity index (χ0n) is 8.65. The Bertz CT molecular complexity index is 512. The highest BCUT2D eigenvalue weighted by molar-refractivity contribution is 9.10. The summed E-state index contributed by atoms with van der Waals surface area (Å²) in [6, 6.07) is 3.72. The first-order valence-corrected chi connectivity index (χ1v) is 7.12. The maximum absolute atomic E-state index is 13.0. The maximum Gasteiger partial charge on any atom is 0.184 e. The van der Waals surface area contributed by atoms with E-state index in [1.165, 1.54) is 12.1 Å². The van der Waals surface area contributed by atoms with Crippen LogP contribution in [0.4, 0.5) is 4.39 Å². The van der Waals surface area contributed by atoms with E-state index in [-0.39, 0.29) is 4.90 Å². The van der Waals surface area contributed by atoms with Crippen LogP contribution in [0.15, 0.2) is 27.6 Å². The number of nitrogens with zero attached hydrogens (tertiary/aromatic N) is 1. The van der Waals surface area contributed by atoms with E-state index < -0.39 is 20.9 Å². The van der Waals surface area contributed by atoms with Gasteiger partial charge in [-0.05, 0) is 41.2 Å². The molecule has 1 aromatic carbocycles. The molecule has 0 bridgehead atoms. The van der Waals surface area contributed by atoms with Gasteiger partial charge in [0, 0.05) is 17.6 Å². The predicted molar refractivity (Wildman–Crippen MR) is 62.6 cm³/mol. The van der Waals surface area contributed by atoms with Crippen molar-refractivity contribution in [3.8, 4) is 0 Å². The molecule has 0 saturated carbocycles. The van der Waals surface area contributed by atoms with Gasteiger partial charge in [0.2, 0.25) is 0 Å². The number of hydrogen-bond acceptors (Lipinski definition) is 3. The van der Waals surface area contributed by atoms with Gasteiger partial charge in [0.25, 0.3) is 0 Å². The fourth-order valence-electron chi connectivity index (χ4n) is 1.71. The first-order chi connectivity index (χ1) is 7.41. The molecule has 0 N–H and O–H groups in total. The number of likely N-dealkylation sites (tertiary alicyclic amines) is 1. The molecule has 0 aliphatic carbocycles. The fraction of sp³-hybridized carbons (Fsp3) is 0.400. The van der Waals surface area contributed by atoms with Crippen molar-refractivity contribution in [2.24, 2.45) is 0 Å². The molecule has 1 aromatic rings. The molecular weight excluding hydrogens is 297 g/mol. The third-order valence-corrected chi connectivity index (χ3v) is 5.75. The number of sulfone groups is 1. The molecule has 0 unspecified atom stereocenters. The molecular formula is C10H11BrFNO2S. The molecule has 0 radical (unpaired) electrons. The standard InChI is InChI=1S/C10H11BrFNO2S/c1-13-5-8(6-13)16(14,15)10-4-7(12)2-3-9(10)11/h2-4,8H,5-6H2,1H3. The highest BCUT2D eigenvalue weighted by Gasteiger charge is 2.37. The van der Waals surface area contributed by atoms with Crippen LogP contribution in [0.1, 0.15) is 0 Å². The third-order valence-electron chi connectivity index (χ3n) is 2.67. The molecule has 1 fully saturated rings. The van der Waals surface area contributed by atoms with Gasteiger partial charge in [0.15, 0.2) is 9.84 Å². The molecule has 2 rings (SSSR count). The lowest BCUT2D eigenvalue weighted by molar-refractivity contribution is 0.232. The minimum atomic E-state index is -3.42. The van der Waals surface area contributed by atoms with Gasteiger partial charge in [-0.25, -0.2) is 12.8 Å². The Morgan fingerprint density at radius 1 is 1.44 bits per heavy atom. The molecule has 1 saturated heterocycles. The van der Waals surface area contributed by atoms with Crippen molar-refractivity contribution in [2.75, 3.05) is 20.1 Å². The van der Waals surface area contributed by atoms with E-state index in [9.17, 15) is 12.8 Å². The van der Waals surface area contributed by atoms with Gasteiger partial charge in [-0.3, -0.25) is 0 Å². The van der Waals surface area contributed by atoms with Gasteiger partial charge < -0.3 is 4.90 Å². The van der Waals surface area contributed by atoms with Gasteiger partial charge in [-0.1, -0.05) is 0 Å². The largest absolute Gasteiger partial charge is 0.304 e. The molecule has 6 heteroatoms. The van der Waals surface area contributed by atoms with Crippen LogP contribution in [0.2, 0.25) is 0 Å². The zero-order valence-corrected chi connectivity index (χ0v) is 11.1. The quantitative estimate of drug-likeness (QED) is 0.834. The number of rotatable bonds is 2. The molecule has 0 aromatic heterocycles. The minimum absolute atomic E-state index is 0.0469. The van der Waals surface area contributed by atoms with E-state index in [2.05, 4.69) is 15.9 Å². The molecule has 0 atom stereocenters. The third kappa shape index (κ3) is 2.01. The summed E-state index contributed by atoms with van der Waals surface area (Å²) >= 11 is 3.14. The van der Waals surface area contributed by atoms with Crippen molar-refractivity contribution >= 4 is 25.8 Å². The fourth-order valence-corrected chi connectivity index (χ4v) is 4.51. The molecule has 3 nitrogen and oxygen atoms in total. The summed E-state index contributed by atoms with van der Waals surface area (Å²) in [6.45, 7) is 1.01. The Balaban J connectivity index is 2.40. The van der Waals surface area contributed by atoms with Crippen LogP contribution in [0.5, 0.6) is 0 Å². The summed E-state index contributed by atoms with van der Waals surface area (Å²) in [6.07, 6.45) is 0. The first-order valence-electron chi connectivity index (χ1n) is 4.79. The van der Waals surface area contributed by atoms with Crippen molar-refractivity contribution in [3.63, 3.8) is 0 Å². The predicted octanol–water partition coefficient (Wildman–Crippen LogP) is 1.68. The average molecular weight is 308 g/mol. The first kappa shape index (κ1) is 12.0. The van der Waals surface area contributed by atoms with Gasteiger partial charge >= 0.3 is 0 Å². The van der Waals surface area contributed by atoms with Crippen LogP contribution in [0, 0.1) is 5.82 Å². The Hall–Kier alpha value is -0.460. The summed E-state index contributed by atoms with van der Waals surface area (Å²) in [5.41, 5.74) is 0. The smallest absolute Gasteiger partial charge is 0.184 e. The summed E-state index contributed by atoms with van der Waals surface area (Å²) in [4.78, 5) is 1.96. The summed E-state index contributed by atoms with van der Waals surface area (Å²) in [7, 11) is -1.56. The second-order valence-corrected chi connectivity index (χ2v) is 7.01. The molecule has 1 heterocycles.